The molecule has 0 aromatic heterocycles. The number of unbranched alkanes of at least 4 members (excludes halogenated alkanes) is 2. The molecule has 0 radical (unpaired) electrons. The molecule has 0 unspecified atom stereocenters. The number of esters is 2. The molecule has 0 aliphatic rings. The first kappa shape index (κ1) is 24.9. The van der Waals surface area contributed by atoms with Crippen molar-refractivity contribution in [1.82, 2.24) is 0 Å². The standard InChI is InChI=1S/C22H34O5/c1-5-8-13-16-22(20(24)26-6-2,21(25)27-7-3)18-19(4)15-12-10-9-11-14-17-23/h5,8,10,12-13,15,23H,1,6-7,9,11,14,16-18H2,2-4H3/b12-10+,13-8+,19-15+. The number of allylic oxidation sites excluding steroid dienone is 7. The van der Waals surface area contributed by atoms with Crippen molar-refractivity contribution in [3.8, 4) is 0 Å². The molecular weight excluding hydrogens is 344 g/mol. The second-order valence-corrected chi connectivity index (χ2v) is 6.23. The fraction of sp³-hybridized carbons (Fsp3) is 0.545. The minimum absolute atomic E-state index is 0.183. The van der Waals surface area contributed by atoms with E-state index in [0.717, 1.165) is 24.8 Å². The third-order valence-corrected chi connectivity index (χ3v) is 3.95. The number of carbonyl (C=O) groups is 2. The molecular formula is C22H34O5. The van der Waals surface area contributed by atoms with E-state index < -0.39 is 17.4 Å². The summed E-state index contributed by atoms with van der Waals surface area (Å²) in [4.78, 5) is 25.4. The van der Waals surface area contributed by atoms with Crippen molar-refractivity contribution < 1.29 is 24.2 Å². The molecule has 0 aromatic rings. The molecule has 0 aromatic carbocycles. The van der Waals surface area contributed by atoms with Crippen LogP contribution in [-0.2, 0) is 19.1 Å². The molecule has 0 aliphatic carbocycles. The SMILES string of the molecule is C=C/C=C/CC(C/C(C)=C/C=C/CCCCO)(C(=O)OCC)C(=O)OCC. The molecule has 1 N–H and O–H groups in total. The Morgan fingerprint density at radius 3 is 2.19 bits per heavy atom. The fourth-order valence-corrected chi connectivity index (χ4v) is 2.61. The molecule has 0 saturated heterocycles. The van der Waals surface area contributed by atoms with Gasteiger partial charge in [-0.2, -0.15) is 0 Å². The van der Waals surface area contributed by atoms with Crippen LogP contribution in [0.1, 0.15) is 52.9 Å². The van der Waals surface area contributed by atoms with Crippen LogP contribution in [0, 0.1) is 5.41 Å². The maximum Gasteiger partial charge on any atom is 0.324 e. The van der Waals surface area contributed by atoms with Gasteiger partial charge in [-0.3, -0.25) is 9.59 Å². The number of ether oxygens (including phenoxy) is 2. The average Bonchev–Trinajstić information content (AvgIpc) is 2.64. The van der Waals surface area contributed by atoms with Crippen LogP contribution in [0.4, 0.5) is 0 Å². The zero-order valence-corrected chi connectivity index (χ0v) is 16.9. The van der Waals surface area contributed by atoms with Crippen molar-refractivity contribution in [3.63, 3.8) is 0 Å². The third kappa shape index (κ3) is 9.38. The summed E-state index contributed by atoms with van der Waals surface area (Å²) in [7, 11) is 0. The lowest BCUT2D eigenvalue weighted by Crippen LogP contribution is -2.42. The fourth-order valence-electron chi connectivity index (χ4n) is 2.61. The van der Waals surface area contributed by atoms with E-state index in [1.807, 2.05) is 25.2 Å². The van der Waals surface area contributed by atoms with Crippen LogP contribution in [0.25, 0.3) is 0 Å². The molecule has 0 heterocycles. The van der Waals surface area contributed by atoms with Crippen LogP contribution >= 0.6 is 0 Å². The minimum atomic E-state index is -1.41. The van der Waals surface area contributed by atoms with E-state index in [4.69, 9.17) is 14.6 Å². The Balaban J connectivity index is 5.50. The van der Waals surface area contributed by atoms with Gasteiger partial charge in [-0.1, -0.05) is 48.6 Å². The monoisotopic (exact) mass is 378 g/mol. The van der Waals surface area contributed by atoms with Crippen LogP contribution in [0.5, 0.6) is 0 Å². The maximum absolute atomic E-state index is 12.7. The summed E-state index contributed by atoms with van der Waals surface area (Å²) in [6.07, 6.45) is 13.8. The maximum atomic E-state index is 12.7. The van der Waals surface area contributed by atoms with E-state index in [0.29, 0.717) is 0 Å². The Morgan fingerprint density at radius 1 is 1.04 bits per heavy atom. The highest BCUT2D eigenvalue weighted by Crippen LogP contribution is 2.34. The summed E-state index contributed by atoms with van der Waals surface area (Å²) in [6.45, 7) is 9.51. The Hall–Kier alpha value is -2.14. The van der Waals surface area contributed by atoms with Gasteiger partial charge in [0.05, 0.1) is 13.2 Å². The van der Waals surface area contributed by atoms with Crippen molar-refractivity contribution in [2.45, 2.75) is 52.9 Å². The number of hydrogen-bond donors (Lipinski definition) is 1. The molecule has 0 aliphatic heterocycles. The first-order chi connectivity index (χ1) is 13.0. The Labute approximate surface area is 163 Å². The normalized spacial score (nSPS) is 12.5. The Kier molecular flexibility index (Phi) is 13.8. The summed E-state index contributed by atoms with van der Waals surface area (Å²) in [5.41, 5.74) is -0.530. The van der Waals surface area contributed by atoms with Gasteiger partial charge in [-0.25, -0.2) is 0 Å². The van der Waals surface area contributed by atoms with Crippen LogP contribution in [-0.4, -0.2) is 36.9 Å². The van der Waals surface area contributed by atoms with Crippen molar-refractivity contribution >= 4 is 11.9 Å². The molecule has 0 bridgehead atoms. The first-order valence-corrected chi connectivity index (χ1v) is 9.53. The summed E-state index contributed by atoms with van der Waals surface area (Å²) < 4.78 is 10.4. The molecule has 0 saturated carbocycles. The zero-order valence-electron chi connectivity index (χ0n) is 16.9. The lowest BCUT2D eigenvalue weighted by molar-refractivity contribution is -0.171. The lowest BCUT2D eigenvalue weighted by atomic mass is 9.78. The van der Waals surface area contributed by atoms with Gasteiger partial charge in [0.2, 0.25) is 0 Å². The summed E-state index contributed by atoms with van der Waals surface area (Å²) in [6, 6.07) is 0. The van der Waals surface area contributed by atoms with Gasteiger partial charge in [0, 0.05) is 6.61 Å². The Bertz CT molecular complexity index is 525. The van der Waals surface area contributed by atoms with Gasteiger partial charge in [0.25, 0.3) is 0 Å². The molecule has 0 spiro atoms. The summed E-state index contributed by atoms with van der Waals surface area (Å²) >= 11 is 0. The lowest BCUT2D eigenvalue weighted by Gasteiger charge is -2.28. The highest BCUT2D eigenvalue weighted by molar-refractivity contribution is 6.00. The molecule has 0 fully saturated rings. The topological polar surface area (TPSA) is 72.8 Å². The van der Waals surface area contributed by atoms with Crippen molar-refractivity contribution in [2.24, 2.45) is 5.41 Å². The van der Waals surface area contributed by atoms with E-state index in [-0.39, 0.29) is 32.7 Å². The van der Waals surface area contributed by atoms with E-state index in [2.05, 4.69) is 6.58 Å². The molecule has 5 heteroatoms. The average molecular weight is 379 g/mol. The minimum Gasteiger partial charge on any atom is -0.465 e. The predicted octanol–water partition coefficient (Wildman–Crippen LogP) is 4.29. The van der Waals surface area contributed by atoms with Crippen molar-refractivity contribution in [2.75, 3.05) is 19.8 Å². The molecule has 152 valence electrons. The van der Waals surface area contributed by atoms with Gasteiger partial charge in [-0.05, 0) is 52.9 Å². The van der Waals surface area contributed by atoms with Gasteiger partial charge in [0.1, 0.15) is 0 Å². The third-order valence-electron chi connectivity index (χ3n) is 3.95. The second-order valence-electron chi connectivity index (χ2n) is 6.23. The largest absolute Gasteiger partial charge is 0.465 e. The highest BCUT2D eigenvalue weighted by Gasteiger charge is 2.47. The van der Waals surface area contributed by atoms with Gasteiger partial charge in [-0.15, -0.1) is 0 Å². The number of hydrogen-bond acceptors (Lipinski definition) is 5. The van der Waals surface area contributed by atoms with Crippen LogP contribution < -0.4 is 0 Å². The predicted molar refractivity (Wildman–Crippen MR) is 108 cm³/mol. The van der Waals surface area contributed by atoms with E-state index in [1.165, 1.54) is 0 Å². The van der Waals surface area contributed by atoms with Crippen LogP contribution in [0.3, 0.4) is 0 Å². The van der Waals surface area contributed by atoms with Gasteiger partial charge in [0.15, 0.2) is 5.41 Å². The second kappa shape index (κ2) is 15.0. The summed E-state index contributed by atoms with van der Waals surface area (Å²) in [5, 5.41) is 8.78. The van der Waals surface area contributed by atoms with E-state index in [9.17, 15) is 9.59 Å². The molecule has 5 nitrogen and oxygen atoms in total. The van der Waals surface area contributed by atoms with E-state index >= 15 is 0 Å². The molecule has 0 amide bonds. The molecule has 27 heavy (non-hydrogen) atoms. The smallest absolute Gasteiger partial charge is 0.324 e. The quantitative estimate of drug-likeness (QED) is 0.211. The first-order valence-electron chi connectivity index (χ1n) is 9.53. The number of aliphatic hydroxyl groups excluding tert-OH is 1. The molecule has 0 atom stereocenters. The number of aliphatic hydroxyl groups is 1. The zero-order chi connectivity index (χ0) is 20.5. The van der Waals surface area contributed by atoms with Crippen molar-refractivity contribution in [3.05, 3.63) is 48.6 Å². The van der Waals surface area contributed by atoms with Gasteiger partial charge < -0.3 is 14.6 Å². The number of carbonyl (C=O) groups excluding carboxylic acids is 2. The Morgan fingerprint density at radius 2 is 1.67 bits per heavy atom. The summed E-state index contributed by atoms with van der Waals surface area (Å²) in [5.74, 6) is -1.14. The van der Waals surface area contributed by atoms with Crippen LogP contribution in [0.15, 0.2) is 48.6 Å². The van der Waals surface area contributed by atoms with Crippen LogP contribution in [0.2, 0.25) is 0 Å². The van der Waals surface area contributed by atoms with Gasteiger partial charge >= 0.3 is 11.9 Å². The van der Waals surface area contributed by atoms with E-state index in [1.54, 1.807) is 32.1 Å². The highest BCUT2D eigenvalue weighted by atomic mass is 16.6. The molecule has 0 rings (SSSR count). The van der Waals surface area contributed by atoms with Crippen molar-refractivity contribution in [1.29, 1.82) is 0 Å². The number of rotatable bonds is 14.